The second kappa shape index (κ2) is 11.5. The van der Waals surface area contributed by atoms with Crippen molar-refractivity contribution in [2.75, 3.05) is 0 Å². The summed E-state index contributed by atoms with van der Waals surface area (Å²) in [7, 11) is 0. The molecule has 2 unspecified atom stereocenters. The third-order valence-electron chi connectivity index (χ3n) is 5.69. The number of hydrogen-bond donors (Lipinski definition) is 2. The van der Waals surface area contributed by atoms with Gasteiger partial charge in [0.2, 0.25) is 0 Å². The Balaban J connectivity index is 1.73. The molecule has 0 aliphatic carbocycles. The molecule has 2 atom stereocenters. The Kier molecular flexibility index (Phi) is 8.37. The first-order valence-corrected chi connectivity index (χ1v) is 13.0. The Labute approximate surface area is 224 Å². The first-order chi connectivity index (χ1) is 17.0. The van der Waals surface area contributed by atoms with Crippen LogP contribution in [0.2, 0.25) is 10.0 Å². The molecule has 7 heteroatoms. The molecule has 4 aromatic rings. The first-order valence-electron chi connectivity index (χ1n) is 10.7. The van der Waals surface area contributed by atoms with Gasteiger partial charge in [0, 0.05) is 46.6 Å². The van der Waals surface area contributed by atoms with Crippen LogP contribution in [0.3, 0.4) is 0 Å². The van der Waals surface area contributed by atoms with Crippen molar-refractivity contribution in [1.82, 2.24) is 0 Å². The zero-order valence-electron chi connectivity index (χ0n) is 18.5. The molecule has 3 nitrogen and oxygen atoms in total. The van der Waals surface area contributed by atoms with Crippen LogP contribution in [-0.4, -0.2) is 12.4 Å². The lowest BCUT2D eigenvalue weighted by molar-refractivity contribution is 0.718. The highest BCUT2D eigenvalue weighted by atomic mass is 35.5. The maximum absolute atomic E-state index is 8.44. The first kappa shape index (κ1) is 25.5. The van der Waals surface area contributed by atoms with E-state index in [9.17, 15) is 0 Å². The van der Waals surface area contributed by atoms with Crippen molar-refractivity contribution in [1.29, 1.82) is 10.8 Å². The summed E-state index contributed by atoms with van der Waals surface area (Å²) in [6, 6.07) is 34.4. The molecule has 176 valence electrons. The molecule has 4 aromatic carbocycles. The predicted molar refractivity (Wildman–Crippen MR) is 151 cm³/mol. The summed E-state index contributed by atoms with van der Waals surface area (Å²) in [6.45, 7) is 0. The fraction of sp³-hybridized carbons (Fsp3) is 0.0714. The van der Waals surface area contributed by atoms with Crippen molar-refractivity contribution in [2.24, 2.45) is 0 Å². The summed E-state index contributed by atoms with van der Waals surface area (Å²) in [6.07, 6.45) is 2.77. The number of hydrogen-bond acceptors (Lipinski definition) is 5. The fourth-order valence-electron chi connectivity index (χ4n) is 3.80. The van der Waals surface area contributed by atoms with E-state index < -0.39 is 9.49 Å². The van der Waals surface area contributed by atoms with Crippen molar-refractivity contribution >= 4 is 59.7 Å². The smallest absolute Gasteiger partial charge is 0.128 e. The quantitative estimate of drug-likeness (QED) is 0.157. The van der Waals surface area contributed by atoms with Crippen molar-refractivity contribution in [3.63, 3.8) is 0 Å². The molecule has 0 fully saturated rings. The fourth-order valence-corrected chi connectivity index (χ4v) is 6.07. The molecule has 0 aliphatic heterocycles. The number of rotatable bonds is 10. The highest BCUT2D eigenvalue weighted by Gasteiger charge is 2.39. The van der Waals surface area contributed by atoms with E-state index in [0.717, 1.165) is 46.3 Å². The lowest BCUT2D eigenvalue weighted by Crippen LogP contribution is -2.28. The molecule has 0 radical (unpaired) electrons. The largest absolute Gasteiger partial charge is 0.311 e. The lowest BCUT2D eigenvalue weighted by atomic mass is 9.91. The Morgan fingerprint density at radius 2 is 0.829 bits per heavy atom. The van der Waals surface area contributed by atoms with Gasteiger partial charge in [0.25, 0.3) is 0 Å². The van der Waals surface area contributed by atoms with Crippen LogP contribution in [0.4, 0.5) is 0 Å². The van der Waals surface area contributed by atoms with Crippen molar-refractivity contribution in [3.8, 4) is 0 Å². The Morgan fingerprint density at radius 3 is 1.14 bits per heavy atom. The SMILES string of the molecule is N=CC(SOSC(C=N)(c1ccccc1)c1ccc(Cl)cc1)(c1ccccc1)c1ccc(Cl)cc1. The van der Waals surface area contributed by atoms with Gasteiger partial charge in [-0.15, -0.1) is 0 Å². The topological polar surface area (TPSA) is 56.9 Å². The van der Waals surface area contributed by atoms with Crippen LogP contribution in [0, 0.1) is 10.8 Å². The van der Waals surface area contributed by atoms with Crippen LogP contribution < -0.4 is 0 Å². The Hall–Kier alpha value is -2.54. The zero-order chi connectivity index (χ0) is 24.7. The summed E-state index contributed by atoms with van der Waals surface area (Å²) in [4.78, 5) is 0. The van der Waals surface area contributed by atoms with Gasteiger partial charge in [-0.05, 0) is 46.5 Å². The van der Waals surface area contributed by atoms with Gasteiger partial charge in [0.05, 0.1) is 0 Å². The van der Waals surface area contributed by atoms with Crippen molar-refractivity contribution in [3.05, 3.63) is 141 Å². The molecule has 0 spiro atoms. The van der Waals surface area contributed by atoms with E-state index in [2.05, 4.69) is 0 Å². The minimum Gasteiger partial charge on any atom is -0.311 e. The molecule has 2 N–H and O–H groups in total. The minimum atomic E-state index is -0.913. The molecule has 4 rings (SSSR count). The molecule has 0 bridgehead atoms. The highest BCUT2D eigenvalue weighted by molar-refractivity contribution is 8.09. The van der Waals surface area contributed by atoms with Crippen LogP contribution in [0.5, 0.6) is 0 Å². The molecule has 0 saturated heterocycles. The standard InChI is InChI=1S/C28H22Cl2N2OS2/c29-25-15-11-23(12-16-25)27(19-31,21-7-3-1-4-8-21)34-33-35-28(20-32,22-9-5-2-6-10-22)24-13-17-26(30)18-14-24/h1-20,31-32H. The van der Waals surface area contributed by atoms with Gasteiger partial charge in [0.15, 0.2) is 0 Å². The van der Waals surface area contributed by atoms with Gasteiger partial charge in [-0.3, -0.25) is 0 Å². The number of benzene rings is 4. The molecule has 35 heavy (non-hydrogen) atoms. The van der Waals surface area contributed by atoms with E-state index in [1.807, 2.05) is 109 Å². The van der Waals surface area contributed by atoms with E-state index in [4.69, 9.17) is 37.6 Å². The monoisotopic (exact) mass is 536 g/mol. The van der Waals surface area contributed by atoms with Gasteiger partial charge < -0.3 is 10.8 Å². The maximum Gasteiger partial charge on any atom is 0.128 e. The highest BCUT2D eigenvalue weighted by Crippen LogP contribution is 2.49. The number of nitrogens with one attached hydrogen (secondary N) is 2. The molecular weight excluding hydrogens is 515 g/mol. The normalized spacial score (nSPS) is 14.5. The molecule has 0 amide bonds. The van der Waals surface area contributed by atoms with Crippen LogP contribution in [0.25, 0.3) is 0 Å². The van der Waals surface area contributed by atoms with E-state index in [0.29, 0.717) is 10.0 Å². The van der Waals surface area contributed by atoms with E-state index in [1.165, 1.54) is 12.4 Å². The average Bonchev–Trinajstić information content (AvgIpc) is 2.91. The van der Waals surface area contributed by atoms with Gasteiger partial charge in [0.1, 0.15) is 9.49 Å². The Morgan fingerprint density at radius 1 is 0.514 bits per heavy atom. The minimum absolute atomic E-state index is 0.621. The maximum atomic E-state index is 8.44. The van der Waals surface area contributed by atoms with E-state index in [1.54, 1.807) is 0 Å². The third-order valence-corrected chi connectivity index (χ3v) is 8.44. The van der Waals surface area contributed by atoms with E-state index >= 15 is 0 Å². The summed E-state index contributed by atoms with van der Waals surface area (Å²) in [5.41, 5.74) is 3.52. The van der Waals surface area contributed by atoms with Crippen molar-refractivity contribution in [2.45, 2.75) is 9.49 Å². The Bertz CT molecular complexity index is 1170. The second-order valence-corrected chi connectivity index (χ2v) is 10.8. The predicted octanol–water partition coefficient (Wildman–Crippen LogP) is 8.79. The molecule has 0 heterocycles. The summed E-state index contributed by atoms with van der Waals surface area (Å²) >= 11 is 14.6. The van der Waals surface area contributed by atoms with Crippen LogP contribution in [0.15, 0.2) is 109 Å². The van der Waals surface area contributed by atoms with Crippen molar-refractivity contribution < 1.29 is 3.63 Å². The summed E-state index contributed by atoms with van der Waals surface area (Å²) in [5.74, 6) is 0. The second-order valence-electron chi connectivity index (χ2n) is 7.74. The van der Waals surface area contributed by atoms with Gasteiger partial charge in [-0.2, -0.15) is 0 Å². The van der Waals surface area contributed by atoms with Crippen LogP contribution in [0.1, 0.15) is 22.3 Å². The molecule has 0 aromatic heterocycles. The third kappa shape index (κ3) is 5.35. The van der Waals surface area contributed by atoms with Gasteiger partial charge in [-0.25, -0.2) is 3.63 Å². The van der Waals surface area contributed by atoms with Crippen LogP contribution in [-0.2, 0) is 13.1 Å². The lowest BCUT2D eigenvalue weighted by Gasteiger charge is -2.32. The van der Waals surface area contributed by atoms with Gasteiger partial charge >= 0.3 is 0 Å². The van der Waals surface area contributed by atoms with Gasteiger partial charge in [-0.1, -0.05) is 108 Å². The summed E-state index contributed by atoms with van der Waals surface area (Å²) in [5, 5.41) is 18.1. The average molecular weight is 538 g/mol. The number of halogens is 2. The van der Waals surface area contributed by atoms with Crippen LogP contribution >= 0.6 is 47.3 Å². The molecule has 0 saturated carbocycles. The molecule has 0 aliphatic rings. The van der Waals surface area contributed by atoms with E-state index in [-0.39, 0.29) is 0 Å². The zero-order valence-corrected chi connectivity index (χ0v) is 21.7. The molecular formula is C28H22Cl2N2OS2. The summed E-state index contributed by atoms with van der Waals surface area (Å²) < 4.78 is 4.46.